The van der Waals surface area contributed by atoms with Crippen LogP contribution in [0.2, 0.25) is 0 Å². The maximum atomic E-state index is 3.80. The molecule has 1 aromatic heterocycles. The molecule has 1 radical (unpaired) electrons. The van der Waals surface area contributed by atoms with Crippen molar-refractivity contribution in [2.45, 2.75) is 0 Å². The zero-order valence-corrected chi connectivity index (χ0v) is 8.31. The third-order valence-corrected chi connectivity index (χ3v) is 1.55. The van der Waals surface area contributed by atoms with Crippen molar-refractivity contribution >= 4 is 27.3 Å². The Kier molecular flexibility index (Phi) is 4.15. The Morgan fingerprint density at radius 2 is 2.57 bits per heavy atom. The summed E-state index contributed by atoms with van der Waals surface area (Å²) >= 11 is 4.62. The number of nitrogens with zero attached hydrogens (tertiary/aromatic N) is 1. The van der Waals surface area contributed by atoms with E-state index in [1.807, 2.05) is 0 Å². The quantitative estimate of drug-likeness (QED) is 0.650. The third kappa shape index (κ3) is 2.55. The van der Waals surface area contributed by atoms with Gasteiger partial charge >= 0.3 is 0 Å². The van der Waals surface area contributed by atoms with E-state index in [2.05, 4.69) is 26.3 Å². The molecule has 39 valence electrons. The second-order valence-electron chi connectivity index (χ2n) is 0.731. The number of hydrogen-bond donors (Lipinski definition) is 0. The van der Waals surface area contributed by atoms with Gasteiger partial charge in [-0.15, -0.1) is 15.9 Å². The van der Waals surface area contributed by atoms with Crippen LogP contribution in [0.25, 0.3) is 0 Å². The fourth-order valence-electron chi connectivity index (χ4n) is 0.178. The van der Waals surface area contributed by atoms with Gasteiger partial charge in [0, 0.05) is 24.3 Å². The molecule has 0 aliphatic rings. The molecular formula is C3HBrNReS-. The Hall–Kier alpha value is 0.772. The van der Waals surface area contributed by atoms with E-state index in [1.54, 1.807) is 6.20 Å². The number of hydrogen-bond acceptors (Lipinski definition) is 2. The van der Waals surface area contributed by atoms with Gasteiger partial charge < -0.3 is 16.3 Å². The summed E-state index contributed by atoms with van der Waals surface area (Å²) in [7, 11) is 0. The molecular weight excluding hydrogens is 348 g/mol. The topological polar surface area (TPSA) is 12.9 Å². The molecule has 1 nitrogen and oxygen atoms in total. The van der Waals surface area contributed by atoms with Crippen molar-refractivity contribution in [1.29, 1.82) is 0 Å². The first-order chi connectivity index (χ1) is 2.89. The van der Waals surface area contributed by atoms with Crippen LogP contribution in [0.1, 0.15) is 0 Å². The van der Waals surface area contributed by atoms with E-state index in [4.69, 9.17) is 0 Å². The smallest absolute Gasteiger partial charge is 0.00406 e. The number of aromatic nitrogens is 1. The van der Waals surface area contributed by atoms with E-state index in [1.165, 1.54) is 11.3 Å². The van der Waals surface area contributed by atoms with E-state index >= 15 is 0 Å². The average Bonchev–Trinajstić information content (AvgIpc) is 1.86. The van der Waals surface area contributed by atoms with Gasteiger partial charge in [0.2, 0.25) is 0 Å². The minimum atomic E-state index is 0. The predicted octanol–water partition coefficient (Wildman–Crippen LogP) is 1.70. The molecule has 1 rings (SSSR count). The van der Waals surface area contributed by atoms with Gasteiger partial charge in [-0.1, -0.05) is 6.20 Å². The molecule has 4 heteroatoms. The van der Waals surface area contributed by atoms with Crippen LogP contribution < -0.4 is 0 Å². The van der Waals surface area contributed by atoms with Gasteiger partial charge in [-0.3, -0.25) is 0 Å². The standard InChI is InChI=1S/C3HBrNS.Re/c4-3-5-1-2-6-3;/h1H;/q-1;. The Labute approximate surface area is 67.9 Å². The maximum Gasteiger partial charge on any atom is 0.00406 e. The average molecular weight is 349 g/mol. The van der Waals surface area contributed by atoms with Gasteiger partial charge in [0.25, 0.3) is 0 Å². The zero-order valence-electron chi connectivity index (χ0n) is 3.19. The predicted molar refractivity (Wildman–Crippen MR) is 28.6 cm³/mol. The number of rotatable bonds is 0. The SMILES string of the molecule is Brc1nc[c-]s1.[Re]. The Bertz CT molecular complexity index is 118. The van der Waals surface area contributed by atoms with Crippen LogP contribution in [0.5, 0.6) is 0 Å². The van der Waals surface area contributed by atoms with Crippen molar-refractivity contribution in [2.24, 2.45) is 0 Å². The minimum absolute atomic E-state index is 0. The summed E-state index contributed by atoms with van der Waals surface area (Å²) < 4.78 is 0.891. The molecule has 0 saturated carbocycles. The van der Waals surface area contributed by atoms with E-state index in [-0.39, 0.29) is 20.4 Å². The van der Waals surface area contributed by atoms with Gasteiger partial charge in [-0.2, -0.15) is 5.38 Å². The van der Waals surface area contributed by atoms with Crippen molar-refractivity contribution in [3.05, 3.63) is 15.5 Å². The summed E-state index contributed by atoms with van der Waals surface area (Å²) in [5, 5.41) is 2.81. The molecule has 0 saturated heterocycles. The van der Waals surface area contributed by atoms with Gasteiger partial charge in [-0.05, 0) is 0 Å². The molecule has 0 spiro atoms. The molecule has 0 fully saturated rings. The second kappa shape index (κ2) is 3.74. The molecule has 0 atom stereocenters. The van der Waals surface area contributed by atoms with Crippen molar-refractivity contribution < 1.29 is 20.4 Å². The molecule has 0 amide bonds. The Morgan fingerprint density at radius 3 is 2.71 bits per heavy atom. The first-order valence-electron chi connectivity index (χ1n) is 1.37. The molecule has 1 heterocycles. The van der Waals surface area contributed by atoms with E-state index in [0.29, 0.717) is 0 Å². The van der Waals surface area contributed by atoms with Crippen LogP contribution in [0, 0.1) is 5.38 Å². The summed E-state index contributed by atoms with van der Waals surface area (Å²) in [5.41, 5.74) is 0. The fraction of sp³-hybridized carbons (Fsp3) is 0. The molecule has 0 N–H and O–H groups in total. The molecule has 0 aromatic carbocycles. The van der Waals surface area contributed by atoms with Crippen molar-refractivity contribution in [3.63, 3.8) is 0 Å². The molecule has 0 bridgehead atoms. The summed E-state index contributed by atoms with van der Waals surface area (Å²) in [5.74, 6) is 0. The first kappa shape index (κ1) is 7.77. The van der Waals surface area contributed by atoms with Gasteiger partial charge in [-0.25, -0.2) is 0 Å². The third-order valence-electron chi connectivity index (χ3n) is 0.362. The van der Waals surface area contributed by atoms with E-state index < -0.39 is 0 Å². The zero-order chi connectivity index (χ0) is 4.41. The molecule has 0 aliphatic heterocycles. The van der Waals surface area contributed by atoms with Crippen LogP contribution in [0.3, 0.4) is 0 Å². The van der Waals surface area contributed by atoms with Crippen molar-refractivity contribution in [1.82, 2.24) is 4.98 Å². The van der Waals surface area contributed by atoms with Gasteiger partial charge in [0.1, 0.15) is 0 Å². The van der Waals surface area contributed by atoms with Gasteiger partial charge in [0.05, 0.1) is 0 Å². The van der Waals surface area contributed by atoms with Gasteiger partial charge in [0.15, 0.2) is 0 Å². The van der Waals surface area contributed by atoms with Crippen molar-refractivity contribution in [3.8, 4) is 0 Å². The Morgan fingerprint density at radius 1 is 1.86 bits per heavy atom. The summed E-state index contributed by atoms with van der Waals surface area (Å²) in [6.07, 6.45) is 1.63. The minimum Gasteiger partial charge on any atom is -0.353 e. The van der Waals surface area contributed by atoms with Crippen molar-refractivity contribution in [2.75, 3.05) is 0 Å². The van der Waals surface area contributed by atoms with Crippen LogP contribution in [0.15, 0.2) is 10.1 Å². The summed E-state index contributed by atoms with van der Waals surface area (Å²) in [4.78, 5) is 3.80. The Balaban J connectivity index is 0.000000360. The summed E-state index contributed by atoms with van der Waals surface area (Å²) in [6.45, 7) is 0. The van der Waals surface area contributed by atoms with Crippen LogP contribution in [-0.2, 0) is 20.4 Å². The summed E-state index contributed by atoms with van der Waals surface area (Å²) in [6, 6.07) is 0. The number of thiazole rings is 1. The molecule has 0 aliphatic carbocycles. The van der Waals surface area contributed by atoms with Crippen LogP contribution in [-0.4, -0.2) is 4.98 Å². The van der Waals surface area contributed by atoms with E-state index in [0.717, 1.165) is 3.92 Å². The molecule has 7 heavy (non-hydrogen) atoms. The monoisotopic (exact) mass is 349 g/mol. The second-order valence-corrected chi connectivity index (χ2v) is 2.83. The number of halogens is 1. The maximum absolute atomic E-state index is 3.80. The molecule has 0 unspecified atom stereocenters. The largest absolute Gasteiger partial charge is 0.353 e. The first-order valence-corrected chi connectivity index (χ1v) is 2.98. The van der Waals surface area contributed by atoms with Crippen LogP contribution in [0.4, 0.5) is 0 Å². The van der Waals surface area contributed by atoms with Crippen LogP contribution >= 0.6 is 27.3 Å². The fourth-order valence-corrected chi connectivity index (χ4v) is 0.869. The van der Waals surface area contributed by atoms with E-state index in [9.17, 15) is 0 Å². The normalized spacial score (nSPS) is 7.57. The molecule has 1 aromatic rings.